The van der Waals surface area contributed by atoms with Crippen LogP contribution in [-0.4, -0.2) is 16.5 Å². The van der Waals surface area contributed by atoms with E-state index in [0.717, 1.165) is 17.9 Å². The molecule has 15 heavy (non-hydrogen) atoms. The Labute approximate surface area is 94.7 Å². The summed E-state index contributed by atoms with van der Waals surface area (Å²) >= 11 is 1.86. The van der Waals surface area contributed by atoms with Crippen molar-refractivity contribution in [1.29, 1.82) is 5.26 Å². The highest BCUT2D eigenvalue weighted by atomic mass is 32.2. The predicted molar refractivity (Wildman–Crippen MR) is 64.9 cm³/mol. The molecule has 0 bridgehead atoms. The summed E-state index contributed by atoms with van der Waals surface area (Å²) in [6.45, 7) is 2.12. The number of anilines is 1. The van der Waals surface area contributed by atoms with Gasteiger partial charge in [0.2, 0.25) is 0 Å². The van der Waals surface area contributed by atoms with Gasteiger partial charge in [0, 0.05) is 10.9 Å². The lowest BCUT2D eigenvalue weighted by Gasteiger charge is -2.27. The summed E-state index contributed by atoms with van der Waals surface area (Å²) < 4.78 is 0. The van der Waals surface area contributed by atoms with E-state index in [-0.39, 0.29) is 5.54 Å². The maximum atomic E-state index is 9.32. The third kappa shape index (κ3) is 1.95. The van der Waals surface area contributed by atoms with Crippen LogP contribution in [0.2, 0.25) is 0 Å². The van der Waals surface area contributed by atoms with E-state index in [4.69, 9.17) is 0 Å². The molecule has 1 heterocycles. The number of hydrogen-bond acceptors (Lipinski definition) is 3. The molecule has 0 radical (unpaired) electrons. The number of para-hydroxylation sites is 1. The monoisotopic (exact) mass is 218 g/mol. The van der Waals surface area contributed by atoms with Crippen molar-refractivity contribution >= 4 is 17.4 Å². The number of hydrogen-bond donors (Lipinski definition) is 1. The number of nitrogens with one attached hydrogen (secondary N) is 1. The van der Waals surface area contributed by atoms with Gasteiger partial charge in [0.15, 0.2) is 0 Å². The summed E-state index contributed by atoms with van der Waals surface area (Å²) in [4.78, 5) is 0. The summed E-state index contributed by atoms with van der Waals surface area (Å²) in [7, 11) is 0. The van der Waals surface area contributed by atoms with Crippen LogP contribution in [0.4, 0.5) is 5.69 Å². The van der Waals surface area contributed by atoms with Crippen LogP contribution in [0.5, 0.6) is 0 Å². The molecule has 0 aliphatic carbocycles. The molecule has 2 nitrogen and oxygen atoms in total. The number of nitriles is 1. The fraction of sp³-hybridized carbons (Fsp3) is 0.417. The summed E-state index contributed by atoms with van der Waals surface area (Å²) in [5.41, 5.74) is 0.653. The van der Waals surface area contributed by atoms with Crippen molar-refractivity contribution in [3.8, 4) is 6.07 Å². The van der Waals surface area contributed by atoms with Crippen LogP contribution in [0.25, 0.3) is 0 Å². The molecule has 2 unspecified atom stereocenters. The van der Waals surface area contributed by atoms with Gasteiger partial charge in [0.1, 0.15) is 5.54 Å². The molecule has 78 valence electrons. The molecule has 1 saturated heterocycles. The second kappa shape index (κ2) is 4.16. The van der Waals surface area contributed by atoms with Gasteiger partial charge in [-0.2, -0.15) is 17.0 Å². The first kappa shape index (κ1) is 10.4. The quantitative estimate of drug-likeness (QED) is 0.829. The van der Waals surface area contributed by atoms with Crippen LogP contribution in [0.3, 0.4) is 0 Å². The molecule has 2 atom stereocenters. The Balaban J connectivity index is 2.20. The van der Waals surface area contributed by atoms with E-state index in [9.17, 15) is 5.26 Å². The third-order valence-corrected chi connectivity index (χ3v) is 4.24. The van der Waals surface area contributed by atoms with E-state index in [1.165, 1.54) is 0 Å². The largest absolute Gasteiger partial charge is 0.366 e. The second-order valence-electron chi connectivity index (χ2n) is 3.84. The molecule has 1 N–H and O–H groups in total. The minimum Gasteiger partial charge on any atom is -0.366 e. The Morgan fingerprint density at radius 1 is 1.47 bits per heavy atom. The van der Waals surface area contributed by atoms with Gasteiger partial charge in [-0.25, -0.2) is 0 Å². The smallest absolute Gasteiger partial charge is 0.137 e. The number of rotatable bonds is 2. The highest BCUT2D eigenvalue weighted by Crippen LogP contribution is 2.37. The van der Waals surface area contributed by atoms with Crippen LogP contribution in [0.15, 0.2) is 30.3 Å². The molecule has 0 amide bonds. The Kier molecular flexibility index (Phi) is 2.88. The molecule has 0 aromatic heterocycles. The van der Waals surface area contributed by atoms with E-state index in [1.54, 1.807) is 0 Å². The summed E-state index contributed by atoms with van der Waals surface area (Å²) in [5, 5.41) is 13.0. The average Bonchev–Trinajstić information content (AvgIpc) is 2.62. The van der Waals surface area contributed by atoms with Crippen LogP contribution in [0, 0.1) is 11.3 Å². The number of thioether (sulfide) groups is 1. The van der Waals surface area contributed by atoms with Crippen molar-refractivity contribution < 1.29 is 0 Å². The molecule has 1 aliphatic rings. The van der Waals surface area contributed by atoms with Gasteiger partial charge < -0.3 is 5.32 Å². The molecule has 0 spiro atoms. The normalized spacial score (nSPS) is 29.7. The fourth-order valence-electron chi connectivity index (χ4n) is 1.86. The molecule has 2 rings (SSSR count). The van der Waals surface area contributed by atoms with Crippen molar-refractivity contribution in [2.75, 3.05) is 11.1 Å². The topological polar surface area (TPSA) is 35.8 Å². The second-order valence-corrected chi connectivity index (χ2v) is 5.29. The van der Waals surface area contributed by atoms with Crippen molar-refractivity contribution in [2.45, 2.75) is 24.1 Å². The third-order valence-electron chi connectivity index (χ3n) is 2.90. The van der Waals surface area contributed by atoms with Crippen LogP contribution in [-0.2, 0) is 0 Å². The molecule has 3 heteroatoms. The van der Waals surface area contributed by atoms with Gasteiger partial charge in [-0.3, -0.25) is 0 Å². The first-order chi connectivity index (χ1) is 7.27. The molecular formula is C12H14N2S. The van der Waals surface area contributed by atoms with Crippen molar-refractivity contribution in [3.05, 3.63) is 30.3 Å². The Hall–Kier alpha value is -1.14. The lowest BCUT2D eigenvalue weighted by Crippen LogP contribution is -2.41. The van der Waals surface area contributed by atoms with Gasteiger partial charge in [-0.05, 0) is 31.2 Å². The van der Waals surface area contributed by atoms with E-state index < -0.39 is 0 Å². The van der Waals surface area contributed by atoms with Gasteiger partial charge in [-0.1, -0.05) is 18.2 Å². The minimum atomic E-state index is -0.383. The minimum absolute atomic E-state index is 0.350. The fourth-order valence-corrected chi connectivity index (χ4v) is 3.17. The zero-order valence-electron chi connectivity index (χ0n) is 8.73. The van der Waals surface area contributed by atoms with E-state index >= 15 is 0 Å². The Bertz CT molecular complexity index is 371. The van der Waals surface area contributed by atoms with Crippen molar-refractivity contribution in [2.24, 2.45) is 0 Å². The zero-order chi connectivity index (χ0) is 10.7. The maximum Gasteiger partial charge on any atom is 0.137 e. The molecular weight excluding hydrogens is 204 g/mol. The summed E-state index contributed by atoms with van der Waals surface area (Å²) in [5.74, 6) is 1.06. The Morgan fingerprint density at radius 2 is 2.20 bits per heavy atom. The number of nitrogens with zero attached hydrogens (tertiary/aromatic N) is 1. The highest BCUT2D eigenvalue weighted by molar-refractivity contribution is 8.00. The van der Waals surface area contributed by atoms with Crippen LogP contribution >= 0.6 is 11.8 Å². The average molecular weight is 218 g/mol. The summed E-state index contributed by atoms with van der Waals surface area (Å²) in [6, 6.07) is 12.4. The van der Waals surface area contributed by atoms with E-state index in [0.29, 0.717) is 5.25 Å². The van der Waals surface area contributed by atoms with Gasteiger partial charge >= 0.3 is 0 Å². The lowest BCUT2D eigenvalue weighted by molar-refractivity contribution is 0.592. The zero-order valence-corrected chi connectivity index (χ0v) is 9.55. The molecule has 1 aromatic carbocycles. The molecule has 1 aliphatic heterocycles. The van der Waals surface area contributed by atoms with E-state index in [1.807, 2.05) is 42.1 Å². The first-order valence-electron chi connectivity index (χ1n) is 5.13. The van der Waals surface area contributed by atoms with Crippen molar-refractivity contribution in [1.82, 2.24) is 0 Å². The number of benzene rings is 1. The summed E-state index contributed by atoms with van der Waals surface area (Å²) in [6.07, 6.45) is 0.921. The maximum absolute atomic E-state index is 9.32. The molecule has 0 saturated carbocycles. The van der Waals surface area contributed by atoms with Crippen molar-refractivity contribution in [3.63, 3.8) is 0 Å². The van der Waals surface area contributed by atoms with Gasteiger partial charge in [-0.15, -0.1) is 0 Å². The molecule has 1 fully saturated rings. The van der Waals surface area contributed by atoms with Crippen LogP contribution < -0.4 is 5.32 Å². The van der Waals surface area contributed by atoms with Crippen LogP contribution in [0.1, 0.15) is 13.3 Å². The lowest BCUT2D eigenvalue weighted by atomic mass is 9.94. The van der Waals surface area contributed by atoms with Gasteiger partial charge in [0.25, 0.3) is 0 Å². The highest BCUT2D eigenvalue weighted by Gasteiger charge is 2.41. The SMILES string of the molecule is CC1SCCC1(C#N)Nc1ccccc1. The standard InChI is InChI=1S/C12H14N2S/c1-10-12(9-13,7-8-15-10)14-11-5-3-2-4-6-11/h2-6,10,14H,7-8H2,1H3. The van der Waals surface area contributed by atoms with Gasteiger partial charge in [0.05, 0.1) is 6.07 Å². The molecule has 1 aromatic rings. The first-order valence-corrected chi connectivity index (χ1v) is 6.18. The Morgan fingerprint density at radius 3 is 2.73 bits per heavy atom. The van der Waals surface area contributed by atoms with E-state index in [2.05, 4.69) is 18.3 Å². The predicted octanol–water partition coefficient (Wildman–Crippen LogP) is 2.89.